The van der Waals surface area contributed by atoms with E-state index in [0.29, 0.717) is 10.8 Å². The highest BCUT2D eigenvalue weighted by atomic mass is 17.0. The van der Waals surface area contributed by atoms with Crippen LogP contribution in [0, 0.1) is 0 Å². The number of hydrogen-bond acceptors (Lipinski definition) is 11. The van der Waals surface area contributed by atoms with Crippen LogP contribution in [0.25, 0.3) is 0 Å². The van der Waals surface area contributed by atoms with Crippen molar-refractivity contribution in [3.63, 3.8) is 0 Å². The van der Waals surface area contributed by atoms with Gasteiger partial charge in [-0.05, 0) is 5.56 Å². The van der Waals surface area contributed by atoms with Crippen molar-refractivity contribution in [2.45, 2.75) is 58.6 Å². The largest absolute Gasteiger partial charge is 0.463 e. The van der Waals surface area contributed by atoms with Crippen LogP contribution in [-0.2, 0) is 54.3 Å². The monoisotopic (exact) mass is 466 g/mol. The Morgan fingerprint density at radius 3 is 2.03 bits per heavy atom. The number of hydrogen-bond donors (Lipinski definition) is 1. The van der Waals surface area contributed by atoms with Crippen LogP contribution in [0.1, 0.15) is 33.3 Å². The Hall–Kier alpha value is -3.51. The van der Waals surface area contributed by atoms with Crippen LogP contribution in [-0.4, -0.2) is 66.1 Å². The number of benzene rings is 1. The minimum absolute atomic E-state index is 0.0485. The predicted octanol–water partition coefficient (Wildman–Crippen LogP) is 0.192. The molecule has 12 nitrogen and oxygen atoms in total. The fourth-order valence-electron chi connectivity index (χ4n) is 3.09. The molecule has 0 saturated carbocycles. The van der Waals surface area contributed by atoms with Gasteiger partial charge in [0.2, 0.25) is 5.91 Å². The third kappa shape index (κ3) is 8.16. The molecule has 1 fully saturated rings. The molecule has 1 amide bonds. The third-order valence-corrected chi connectivity index (χ3v) is 4.26. The number of hydroxylamine groups is 2. The first-order valence-electron chi connectivity index (χ1n) is 10.0. The summed E-state index contributed by atoms with van der Waals surface area (Å²) in [4.78, 5) is 69.9. The van der Waals surface area contributed by atoms with Gasteiger partial charge in [-0.1, -0.05) is 30.3 Å². The molecule has 1 aromatic rings. The van der Waals surface area contributed by atoms with Crippen LogP contribution >= 0.6 is 0 Å². The number of rotatable bonds is 8. The Bertz CT molecular complexity index is 875. The molecule has 4 atom stereocenters. The van der Waals surface area contributed by atoms with Gasteiger partial charge in [-0.2, -0.15) is 0 Å². The molecule has 0 bridgehead atoms. The fourth-order valence-corrected chi connectivity index (χ4v) is 3.09. The van der Waals surface area contributed by atoms with Crippen LogP contribution in [0.4, 0.5) is 0 Å². The SMILES string of the molecule is CC(=O)OCC1ON(OC(C)=O)C(NC(=O)Cc2ccccc2)C(OC(C)=O)[C@H]1OC(C)=O. The lowest BCUT2D eigenvalue weighted by atomic mass is 10.0. The number of carbonyl (C=O) groups excluding carboxylic acids is 5. The molecule has 1 aromatic carbocycles. The van der Waals surface area contributed by atoms with E-state index in [4.69, 9.17) is 23.9 Å². The van der Waals surface area contributed by atoms with Gasteiger partial charge < -0.3 is 24.4 Å². The van der Waals surface area contributed by atoms with E-state index in [0.717, 1.165) is 27.7 Å². The van der Waals surface area contributed by atoms with Crippen molar-refractivity contribution in [2.24, 2.45) is 0 Å². The Morgan fingerprint density at radius 1 is 0.879 bits per heavy atom. The van der Waals surface area contributed by atoms with Crippen LogP contribution in [0.15, 0.2) is 30.3 Å². The van der Waals surface area contributed by atoms with Gasteiger partial charge in [0, 0.05) is 32.9 Å². The first kappa shape index (κ1) is 25.7. The molecule has 0 aromatic heterocycles. The van der Waals surface area contributed by atoms with Crippen LogP contribution < -0.4 is 5.32 Å². The quantitative estimate of drug-likeness (QED) is 0.414. The van der Waals surface area contributed by atoms with Crippen molar-refractivity contribution < 1.29 is 47.9 Å². The maximum absolute atomic E-state index is 12.7. The van der Waals surface area contributed by atoms with Gasteiger partial charge in [-0.15, -0.1) is 0 Å². The van der Waals surface area contributed by atoms with Gasteiger partial charge in [0.15, 0.2) is 24.5 Å². The second-order valence-corrected chi connectivity index (χ2v) is 7.14. The standard InChI is InChI=1S/C21H26N2O10/c1-12(24)29-11-17-19(30-13(2)25)20(31-14(3)26)21(23(33-17)32-15(4)27)22-18(28)10-16-8-6-5-7-9-16/h5-9,17,19-21H,10-11H2,1-4H3,(H,22,28)/t17?,19-,20?,21?/m0/s1. The Labute approximate surface area is 189 Å². The van der Waals surface area contributed by atoms with E-state index >= 15 is 0 Å². The molecule has 1 aliphatic heterocycles. The lowest BCUT2D eigenvalue weighted by molar-refractivity contribution is -0.430. The Morgan fingerprint density at radius 2 is 1.48 bits per heavy atom. The number of ether oxygens (including phenoxy) is 3. The minimum atomic E-state index is -1.38. The zero-order chi connectivity index (χ0) is 24.5. The molecule has 180 valence electrons. The molecule has 1 saturated heterocycles. The highest BCUT2D eigenvalue weighted by Gasteiger charge is 2.52. The Kier molecular flexibility index (Phi) is 9.30. The summed E-state index contributed by atoms with van der Waals surface area (Å²) in [5.41, 5.74) is 0.694. The second-order valence-electron chi connectivity index (χ2n) is 7.14. The van der Waals surface area contributed by atoms with Crippen molar-refractivity contribution in [1.29, 1.82) is 0 Å². The van der Waals surface area contributed by atoms with E-state index in [2.05, 4.69) is 5.32 Å². The van der Waals surface area contributed by atoms with E-state index in [1.807, 2.05) is 0 Å². The average molecular weight is 466 g/mol. The van der Waals surface area contributed by atoms with Crippen LogP contribution in [0.3, 0.4) is 0 Å². The molecule has 1 aliphatic rings. The molecule has 2 rings (SSSR count). The summed E-state index contributed by atoms with van der Waals surface area (Å²) in [5, 5.41) is 3.21. The molecule has 3 unspecified atom stereocenters. The highest BCUT2D eigenvalue weighted by molar-refractivity contribution is 5.79. The van der Waals surface area contributed by atoms with E-state index in [-0.39, 0.29) is 6.42 Å². The Balaban J connectivity index is 2.37. The zero-order valence-electron chi connectivity index (χ0n) is 18.6. The first-order valence-corrected chi connectivity index (χ1v) is 10.0. The summed E-state index contributed by atoms with van der Waals surface area (Å²) in [7, 11) is 0. The maximum Gasteiger partial charge on any atom is 0.325 e. The number of nitrogens with zero attached hydrogens (tertiary/aromatic N) is 1. The van der Waals surface area contributed by atoms with Crippen LogP contribution in [0.2, 0.25) is 0 Å². The molecule has 33 heavy (non-hydrogen) atoms. The molecular weight excluding hydrogens is 440 g/mol. The summed E-state index contributed by atoms with van der Waals surface area (Å²) in [6.07, 6.45) is -5.33. The van der Waals surface area contributed by atoms with E-state index in [9.17, 15) is 24.0 Å². The summed E-state index contributed by atoms with van der Waals surface area (Å²) >= 11 is 0. The van der Waals surface area contributed by atoms with Crippen molar-refractivity contribution in [2.75, 3.05) is 6.61 Å². The molecule has 12 heteroatoms. The van der Waals surface area contributed by atoms with Crippen molar-refractivity contribution in [1.82, 2.24) is 10.5 Å². The van der Waals surface area contributed by atoms with Crippen molar-refractivity contribution in [3.8, 4) is 0 Å². The zero-order valence-corrected chi connectivity index (χ0v) is 18.6. The summed E-state index contributed by atoms with van der Waals surface area (Å²) in [5.74, 6) is -3.50. The second kappa shape index (κ2) is 11.9. The third-order valence-electron chi connectivity index (χ3n) is 4.26. The lowest BCUT2D eigenvalue weighted by Gasteiger charge is -2.44. The van der Waals surface area contributed by atoms with Gasteiger partial charge in [0.25, 0.3) is 0 Å². The number of nitrogens with one attached hydrogen (secondary N) is 1. The van der Waals surface area contributed by atoms with Gasteiger partial charge in [-0.25, -0.2) is 0 Å². The first-order chi connectivity index (χ1) is 15.6. The van der Waals surface area contributed by atoms with E-state index < -0.39 is 60.9 Å². The highest BCUT2D eigenvalue weighted by Crippen LogP contribution is 2.27. The maximum atomic E-state index is 12.7. The normalized spacial score (nSPS) is 22.5. The van der Waals surface area contributed by atoms with Crippen LogP contribution in [0.5, 0.6) is 0 Å². The van der Waals surface area contributed by atoms with E-state index in [1.165, 1.54) is 0 Å². The van der Waals surface area contributed by atoms with Gasteiger partial charge in [-0.3, -0.25) is 28.8 Å². The van der Waals surface area contributed by atoms with Gasteiger partial charge in [0.05, 0.1) is 6.42 Å². The molecular formula is C21H26N2O10. The summed E-state index contributed by atoms with van der Waals surface area (Å²) in [6.45, 7) is 4.05. The molecule has 0 radical (unpaired) electrons. The van der Waals surface area contributed by atoms with Gasteiger partial charge >= 0.3 is 23.9 Å². The predicted molar refractivity (Wildman–Crippen MR) is 108 cm³/mol. The minimum Gasteiger partial charge on any atom is -0.463 e. The van der Waals surface area contributed by atoms with Crippen molar-refractivity contribution in [3.05, 3.63) is 35.9 Å². The average Bonchev–Trinajstić information content (AvgIpc) is 2.70. The summed E-state index contributed by atoms with van der Waals surface area (Å²) in [6, 6.07) is 8.79. The number of amides is 1. The topological polar surface area (TPSA) is 147 Å². The number of carbonyl (C=O) groups is 5. The lowest BCUT2D eigenvalue weighted by Crippen LogP contribution is -2.68. The molecule has 0 spiro atoms. The molecule has 0 aliphatic carbocycles. The smallest absolute Gasteiger partial charge is 0.325 e. The molecule has 1 N–H and O–H groups in total. The fraction of sp³-hybridized carbons (Fsp3) is 0.476. The van der Waals surface area contributed by atoms with Gasteiger partial charge in [0.1, 0.15) is 6.61 Å². The van der Waals surface area contributed by atoms with E-state index in [1.54, 1.807) is 30.3 Å². The number of esters is 3. The summed E-state index contributed by atoms with van der Waals surface area (Å²) < 4.78 is 15.6. The van der Waals surface area contributed by atoms with Crippen molar-refractivity contribution >= 4 is 29.8 Å². The molecule has 1 heterocycles.